The van der Waals surface area contributed by atoms with E-state index in [2.05, 4.69) is 0 Å². The van der Waals surface area contributed by atoms with Gasteiger partial charge in [-0.15, -0.1) is 11.8 Å². The number of nitro groups is 1. The maximum Gasteiger partial charge on any atom is 0.416 e. The third-order valence-electron chi connectivity index (χ3n) is 2.77. The zero-order valence-corrected chi connectivity index (χ0v) is 12.1. The Morgan fingerprint density at radius 3 is 2.27 bits per heavy atom. The monoisotopic (exact) mass is 329 g/mol. The molecule has 0 bridgehead atoms. The first-order valence-corrected chi connectivity index (χ1v) is 7.21. The van der Waals surface area contributed by atoms with Crippen LogP contribution in [0.5, 0.6) is 11.5 Å². The van der Waals surface area contributed by atoms with Crippen LogP contribution in [-0.2, 0) is 6.18 Å². The minimum absolute atomic E-state index is 0.241. The molecule has 0 aliphatic carbocycles. The molecule has 0 amide bonds. The van der Waals surface area contributed by atoms with Crippen LogP contribution in [0.1, 0.15) is 5.56 Å². The number of thioether (sulfide) groups is 1. The van der Waals surface area contributed by atoms with E-state index in [9.17, 15) is 23.3 Å². The molecule has 116 valence electrons. The molecule has 0 fully saturated rings. The Labute approximate surface area is 128 Å². The average molecular weight is 329 g/mol. The van der Waals surface area contributed by atoms with Gasteiger partial charge < -0.3 is 4.74 Å². The second-order valence-electron chi connectivity index (χ2n) is 4.21. The Kier molecular flexibility index (Phi) is 4.60. The lowest BCUT2D eigenvalue weighted by molar-refractivity contribution is -0.385. The summed E-state index contributed by atoms with van der Waals surface area (Å²) in [4.78, 5) is 11.0. The largest absolute Gasteiger partial charge is 0.450 e. The maximum atomic E-state index is 12.6. The van der Waals surface area contributed by atoms with Gasteiger partial charge in [0.1, 0.15) is 5.75 Å². The third-order valence-corrected chi connectivity index (χ3v) is 3.51. The van der Waals surface area contributed by atoms with Crippen LogP contribution in [0.15, 0.2) is 47.4 Å². The second kappa shape index (κ2) is 6.27. The number of nitro benzene ring substituents is 1. The van der Waals surface area contributed by atoms with E-state index in [1.54, 1.807) is 24.3 Å². The zero-order valence-electron chi connectivity index (χ0n) is 11.3. The van der Waals surface area contributed by atoms with Crippen LogP contribution in [0, 0.1) is 10.1 Å². The van der Waals surface area contributed by atoms with E-state index in [1.165, 1.54) is 11.8 Å². The lowest BCUT2D eigenvalue weighted by atomic mass is 10.2. The lowest BCUT2D eigenvalue weighted by Gasteiger charge is -2.10. The minimum Gasteiger partial charge on any atom is -0.450 e. The van der Waals surface area contributed by atoms with Crippen LogP contribution >= 0.6 is 11.8 Å². The predicted molar refractivity (Wildman–Crippen MR) is 76.4 cm³/mol. The summed E-state index contributed by atoms with van der Waals surface area (Å²) in [7, 11) is 0. The van der Waals surface area contributed by atoms with E-state index < -0.39 is 22.4 Å². The van der Waals surface area contributed by atoms with Crippen molar-refractivity contribution in [3.05, 3.63) is 58.1 Å². The van der Waals surface area contributed by atoms with Crippen LogP contribution in [-0.4, -0.2) is 11.2 Å². The van der Waals surface area contributed by atoms with E-state index in [0.29, 0.717) is 11.8 Å². The number of halogens is 3. The van der Waals surface area contributed by atoms with Crippen LogP contribution < -0.4 is 4.74 Å². The van der Waals surface area contributed by atoms with Crippen molar-refractivity contribution >= 4 is 17.4 Å². The van der Waals surface area contributed by atoms with Crippen molar-refractivity contribution in [2.24, 2.45) is 0 Å². The summed E-state index contributed by atoms with van der Waals surface area (Å²) in [5.74, 6) is 0.0653. The highest BCUT2D eigenvalue weighted by atomic mass is 32.2. The van der Waals surface area contributed by atoms with Gasteiger partial charge in [0.2, 0.25) is 5.75 Å². The van der Waals surface area contributed by atoms with Crippen LogP contribution in [0.4, 0.5) is 18.9 Å². The number of ether oxygens (including phenoxy) is 1. The zero-order chi connectivity index (χ0) is 16.3. The number of benzene rings is 2. The van der Waals surface area contributed by atoms with Crippen molar-refractivity contribution in [3.8, 4) is 11.5 Å². The van der Waals surface area contributed by atoms with Gasteiger partial charge in [0.05, 0.1) is 10.5 Å². The molecular weight excluding hydrogens is 319 g/mol. The molecule has 4 nitrogen and oxygen atoms in total. The van der Waals surface area contributed by atoms with E-state index in [0.717, 1.165) is 17.0 Å². The average Bonchev–Trinajstić information content (AvgIpc) is 2.47. The number of nitrogens with zero attached hydrogens (tertiary/aromatic N) is 1. The first kappa shape index (κ1) is 16.2. The second-order valence-corrected chi connectivity index (χ2v) is 5.09. The Bertz CT molecular complexity index is 687. The van der Waals surface area contributed by atoms with Crippen LogP contribution in [0.3, 0.4) is 0 Å². The quantitative estimate of drug-likeness (QED) is 0.443. The van der Waals surface area contributed by atoms with Gasteiger partial charge in [-0.05, 0) is 42.7 Å². The van der Waals surface area contributed by atoms with Crippen molar-refractivity contribution < 1.29 is 22.8 Å². The van der Waals surface area contributed by atoms with E-state index >= 15 is 0 Å². The topological polar surface area (TPSA) is 52.4 Å². The van der Waals surface area contributed by atoms with Crippen LogP contribution in [0.25, 0.3) is 0 Å². The summed E-state index contributed by atoms with van der Waals surface area (Å²) in [5, 5.41) is 10.9. The molecule has 0 unspecified atom stereocenters. The molecule has 8 heteroatoms. The van der Waals surface area contributed by atoms with Crippen molar-refractivity contribution in [1.82, 2.24) is 0 Å². The molecule has 0 saturated heterocycles. The van der Waals surface area contributed by atoms with Crippen molar-refractivity contribution in [2.75, 3.05) is 6.26 Å². The SMILES string of the molecule is CSc1ccc(Oc2ccc(C(F)(F)F)cc2[N+](=O)[O-])cc1. The normalized spacial score (nSPS) is 11.3. The molecule has 0 spiro atoms. The highest BCUT2D eigenvalue weighted by molar-refractivity contribution is 7.98. The third kappa shape index (κ3) is 3.70. The molecule has 2 aromatic carbocycles. The number of rotatable bonds is 4. The summed E-state index contributed by atoms with van der Waals surface area (Å²) in [6.45, 7) is 0. The smallest absolute Gasteiger partial charge is 0.416 e. The van der Waals surface area contributed by atoms with Gasteiger partial charge in [-0.3, -0.25) is 10.1 Å². The van der Waals surface area contributed by atoms with Gasteiger partial charge in [-0.2, -0.15) is 13.2 Å². The van der Waals surface area contributed by atoms with Crippen molar-refractivity contribution in [3.63, 3.8) is 0 Å². The maximum absolute atomic E-state index is 12.6. The molecular formula is C14H10F3NO3S. The first-order valence-electron chi connectivity index (χ1n) is 5.99. The molecule has 0 N–H and O–H groups in total. The van der Waals surface area contributed by atoms with E-state index in [1.807, 2.05) is 6.26 Å². The summed E-state index contributed by atoms with van der Waals surface area (Å²) >= 11 is 1.51. The van der Waals surface area contributed by atoms with Gasteiger partial charge in [0.15, 0.2) is 0 Å². The molecule has 0 saturated carbocycles. The lowest BCUT2D eigenvalue weighted by Crippen LogP contribution is -2.06. The molecule has 0 aromatic heterocycles. The van der Waals surface area contributed by atoms with E-state index in [-0.39, 0.29) is 5.75 Å². The van der Waals surface area contributed by atoms with Gasteiger partial charge in [0.25, 0.3) is 0 Å². The Morgan fingerprint density at radius 1 is 1.14 bits per heavy atom. The Morgan fingerprint density at radius 2 is 1.77 bits per heavy atom. The standard InChI is InChI=1S/C14H10F3NO3S/c1-22-11-5-3-10(4-6-11)21-13-7-2-9(14(15,16)17)8-12(13)18(19)20/h2-8H,1H3. The fourth-order valence-corrected chi connectivity index (χ4v) is 2.10. The number of hydrogen-bond acceptors (Lipinski definition) is 4. The van der Waals surface area contributed by atoms with Crippen molar-refractivity contribution in [1.29, 1.82) is 0 Å². The van der Waals surface area contributed by atoms with Gasteiger partial charge in [-0.1, -0.05) is 0 Å². The summed E-state index contributed by atoms with van der Waals surface area (Å²) < 4.78 is 43.1. The fraction of sp³-hybridized carbons (Fsp3) is 0.143. The van der Waals surface area contributed by atoms with Gasteiger partial charge in [0, 0.05) is 11.0 Å². The molecule has 0 atom stereocenters. The molecule has 22 heavy (non-hydrogen) atoms. The van der Waals surface area contributed by atoms with Crippen molar-refractivity contribution in [2.45, 2.75) is 11.1 Å². The highest BCUT2D eigenvalue weighted by Crippen LogP contribution is 2.37. The van der Waals surface area contributed by atoms with Gasteiger partial charge >= 0.3 is 11.9 Å². The summed E-state index contributed by atoms with van der Waals surface area (Å²) in [5.41, 5.74) is -1.83. The fourth-order valence-electron chi connectivity index (χ4n) is 1.69. The molecule has 0 aliphatic heterocycles. The van der Waals surface area contributed by atoms with Gasteiger partial charge in [-0.25, -0.2) is 0 Å². The number of hydrogen-bond donors (Lipinski definition) is 0. The Balaban J connectivity index is 2.35. The highest BCUT2D eigenvalue weighted by Gasteiger charge is 2.33. The molecule has 2 aromatic rings. The molecule has 0 heterocycles. The molecule has 0 aliphatic rings. The molecule has 0 radical (unpaired) electrons. The Hall–Kier alpha value is -2.22. The first-order chi connectivity index (χ1) is 10.3. The van der Waals surface area contributed by atoms with Crippen LogP contribution in [0.2, 0.25) is 0 Å². The molecule has 2 rings (SSSR count). The summed E-state index contributed by atoms with van der Waals surface area (Å²) in [6, 6.07) is 8.83. The number of alkyl halides is 3. The van der Waals surface area contributed by atoms with E-state index in [4.69, 9.17) is 4.74 Å². The summed E-state index contributed by atoms with van der Waals surface area (Å²) in [6.07, 6.45) is -2.76. The minimum atomic E-state index is -4.65. The predicted octanol–water partition coefficient (Wildman–Crippen LogP) is 5.13.